The van der Waals surface area contributed by atoms with E-state index in [1.54, 1.807) is 6.07 Å². The Hall–Kier alpha value is -1.62. The van der Waals surface area contributed by atoms with E-state index in [0.717, 1.165) is 0 Å². The number of carboxylic acids is 1. The summed E-state index contributed by atoms with van der Waals surface area (Å²) in [5.41, 5.74) is 4.60. The molecule has 0 radical (unpaired) electrons. The minimum absolute atomic E-state index is 0.0478. The number of hydrogen-bond acceptors (Lipinski definition) is 3. The van der Waals surface area contributed by atoms with Crippen molar-refractivity contribution in [1.82, 2.24) is 0 Å². The number of benzene rings is 1. The lowest BCUT2D eigenvalue weighted by Gasteiger charge is -2.23. The van der Waals surface area contributed by atoms with Gasteiger partial charge in [0.25, 0.3) is 0 Å². The highest BCUT2D eigenvalue weighted by atomic mass is 19.1. The molecule has 4 nitrogen and oxygen atoms in total. The number of halogens is 1. The van der Waals surface area contributed by atoms with E-state index in [9.17, 15) is 9.18 Å². The van der Waals surface area contributed by atoms with Crippen molar-refractivity contribution in [3.8, 4) is 5.75 Å². The Kier molecular flexibility index (Phi) is 4.07. The normalized spacial score (nSPS) is 14.1. The third-order valence-corrected chi connectivity index (χ3v) is 2.81. The Balaban J connectivity index is 2.98. The predicted octanol–water partition coefficient (Wildman–Crippen LogP) is 1.43. The Bertz CT molecular complexity index is 422. The molecule has 0 bridgehead atoms. The van der Waals surface area contributed by atoms with Gasteiger partial charge < -0.3 is 15.6 Å². The van der Waals surface area contributed by atoms with Crippen LogP contribution in [0.3, 0.4) is 0 Å². The Morgan fingerprint density at radius 1 is 1.59 bits per heavy atom. The smallest absolute Gasteiger partial charge is 0.310 e. The van der Waals surface area contributed by atoms with E-state index in [0.29, 0.717) is 11.3 Å². The van der Waals surface area contributed by atoms with E-state index >= 15 is 0 Å². The zero-order valence-corrected chi connectivity index (χ0v) is 9.87. The summed E-state index contributed by atoms with van der Waals surface area (Å²) in [6.07, 6.45) is 0.0503. The molecule has 0 aliphatic heterocycles. The van der Waals surface area contributed by atoms with Crippen molar-refractivity contribution in [3.63, 3.8) is 0 Å². The van der Waals surface area contributed by atoms with E-state index in [1.807, 2.05) is 0 Å². The van der Waals surface area contributed by atoms with Gasteiger partial charge in [0.05, 0.1) is 12.5 Å². The van der Waals surface area contributed by atoms with Gasteiger partial charge >= 0.3 is 5.97 Å². The van der Waals surface area contributed by atoms with E-state index in [-0.39, 0.29) is 13.0 Å². The zero-order valence-electron chi connectivity index (χ0n) is 9.87. The number of carboxylic acid groups (broad SMARTS) is 1. The van der Waals surface area contributed by atoms with Gasteiger partial charge in [0.2, 0.25) is 0 Å². The Labute approximate surface area is 99.2 Å². The molecule has 17 heavy (non-hydrogen) atoms. The number of methoxy groups -OCH3 is 1. The van der Waals surface area contributed by atoms with Crippen LogP contribution in [0.15, 0.2) is 18.2 Å². The van der Waals surface area contributed by atoms with Crippen LogP contribution in [0.2, 0.25) is 0 Å². The van der Waals surface area contributed by atoms with Crippen molar-refractivity contribution in [1.29, 1.82) is 0 Å². The van der Waals surface area contributed by atoms with Gasteiger partial charge in [0.15, 0.2) is 0 Å². The summed E-state index contributed by atoms with van der Waals surface area (Å²) in [5.74, 6) is -1.11. The molecule has 0 heterocycles. The molecular weight excluding hydrogens is 225 g/mol. The third-order valence-electron chi connectivity index (χ3n) is 2.81. The molecule has 1 aromatic rings. The lowest BCUT2D eigenvalue weighted by atomic mass is 9.83. The summed E-state index contributed by atoms with van der Waals surface area (Å²) in [6, 6.07) is 4.34. The first-order valence-corrected chi connectivity index (χ1v) is 5.19. The van der Waals surface area contributed by atoms with Crippen LogP contribution in [0.4, 0.5) is 4.39 Å². The molecule has 3 N–H and O–H groups in total. The quantitative estimate of drug-likeness (QED) is 0.817. The highest BCUT2D eigenvalue weighted by Gasteiger charge is 2.32. The molecule has 1 aromatic carbocycles. The van der Waals surface area contributed by atoms with Crippen LogP contribution in [0.5, 0.6) is 5.75 Å². The monoisotopic (exact) mass is 241 g/mol. The van der Waals surface area contributed by atoms with Crippen molar-refractivity contribution in [3.05, 3.63) is 29.6 Å². The van der Waals surface area contributed by atoms with E-state index in [2.05, 4.69) is 0 Å². The van der Waals surface area contributed by atoms with Gasteiger partial charge in [0.1, 0.15) is 11.6 Å². The van der Waals surface area contributed by atoms with E-state index in [4.69, 9.17) is 15.6 Å². The molecule has 1 unspecified atom stereocenters. The van der Waals surface area contributed by atoms with E-state index < -0.39 is 17.2 Å². The second-order valence-electron chi connectivity index (χ2n) is 4.20. The average Bonchev–Trinajstić information content (AvgIpc) is 2.31. The first kappa shape index (κ1) is 13.4. The van der Waals surface area contributed by atoms with Crippen LogP contribution in [0.1, 0.15) is 12.5 Å². The van der Waals surface area contributed by atoms with Crippen LogP contribution in [0, 0.1) is 11.2 Å². The van der Waals surface area contributed by atoms with Gasteiger partial charge in [-0.3, -0.25) is 4.79 Å². The molecule has 0 aliphatic carbocycles. The molecule has 1 atom stereocenters. The molecule has 0 saturated carbocycles. The molecule has 94 valence electrons. The molecule has 0 amide bonds. The molecule has 0 spiro atoms. The SMILES string of the molecule is COc1ccc(CC(C)(CN)C(=O)O)c(F)c1. The maximum Gasteiger partial charge on any atom is 0.310 e. The fourth-order valence-corrected chi connectivity index (χ4v) is 1.45. The predicted molar refractivity (Wildman–Crippen MR) is 61.5 cm³/mol. The number of hydrogen-bond donors (Lipinski definition) is 2. The highest BCUT2D eigenvalue weighted by Crippen LogP contribution is 2.25. The summed E-state index contributed by atoms with van der Waals surface area (Å²) in [5, 5.41) is 9.06. The number of rotatable bonds is 5. The first-order chi connectivity index (χ1) is 7.92. The maximum atomic E-state index is 13.7. The minimum atomic E-state index is -1.16. The fraction of sp³-hybridized carbons (Fsp3) is 0.417. The van der Waals surface area contributed by atoms with Crippen LogP contribution >= 0.6 is 0 Å². The Morgan fingerprint density at radius 3 is 2.65 bits per heavy atom. The molecular formula is C12H16FNO3. The van der Waals surface area contributed by atoms with Crippen molar-refractivity contribution >= 4 is 5.97 Å². The van der Waals surface area contributed by atoms with Crippen LogP contribution in [-0.2, 0) is 11.2 Å². The van der Waals surface area contributed by atoms with Crippen LogP contribution in [0.25, 0.3) is 0 Å². The second-order valence-corrected chi connectivity index (χ2v) is 4.20. The van der Waals surface area contributed by atoms with E-state index in [1.165, 1.54) is 26.2 Å². The maximum absolute atomic E-state index is 13.7. The molecule has 5 heteroatoms. The van der Waals surface area contributed by atoms with Gasteiger partial charge in [0, 0.05) is 12.6 Å². The minimum Gasteiger partial charge on any atom is -0.497 e. The molecule has 0 fully saturated rings. The highest BCUT2D eigenvalue weighted by molar-refractivity contribution is 5.75. The van der Waals surface area contributed by atoms with Crippen molar-refractivity contribution in [2.24, 2.45) is 11.1 Å². The summed E-state index contributed by atoms with van der Waals surface area (Å²) < 4.78 is 18.5. The summed E-state index contributed by atoms with van der Waals surface area (Å²) in [6.45, 7) is 1.45. The lowest BCUT2D eigenvalue weighted by molar-refractivity contribution is -0.147. The van der Waals surface area contributed by atoms with Gasteiger partial charge in [-0.2, -0.15) is 0 Å². The fourth-order valence-electron chi connectivity index (χ4n) is 1.45. The molecule has 1 rings (SSSR count). The molecule has 0 aromatic heterocycles. The van der Waals surface area contributed by atoms with Crippen molar-refractivity contribution in [2.75, 3.05) is 13.7 Å². The number of aliphatic carboxylic acids is 1. The summed E-state index contributed by atoms with van der Waals surface area (Å²) >= 11 is 0. The van der Waals surface area contributed by atoms with Crippen LogP contribution < -0.4 is 10.5 Å². The van der Waals surface area contributed by atoms with Gasteiger partial charge in [-0.25, -0.2) is 4.39 Å². The largest absolute Gasteiger partial charge is 0.497 e. The Morgan fingerprint density at radius 2 is 2.24 bits per heavy atom. The molecule has 0 aliphatic rings. The summed E-state index contributed by atoms with van der Waals surface area (Å²) in [7, 11) is 1.44. The number of nitrogens with two attached hydrogens (primary N) is 1. The second kappa shape index (κ2) is 5.14. The zero-order chi connectivity index (χ0) is 13.1. The number of ether oxygens (including phenoxy) is 1. The van der Waals surface area contributed by atoms with Gasteiger partial charge in [-0.1, -0.05) is 6.07 Å². The van der Waals surface area contributed by atoms with Crippen molar-refractivity contribution in [2.45, 2.75) is 13.3 Å². The van der Waals surface area contributed by atoms with Gasteiger partial charge in [-0.05, 0) is 25.0 Å². The van der Waals surface area contributed by atoms with Crippen molar-refractivity contribution < 1.29 is 19.0 Å². The third kappa shape index (κ3) is 2.94. The van der Waals surface area contributed by atoms with Crippen LogP contribution in [-0.4, -0.2) is 24.7 Å². The van der Waals surface area contributed by atoms with Gasteiger partial charge in [-0.15, -0.1) is 0 Å². The lowest BCUT2D eigenvalue weighted by Crippen LogP contribution is -2.37. The topological polar surface area (TPSA) is 72.5 Å². The average molecular weight is 241 g/mol. The molecule has 0 saturated heterocycles. The summed E-state index contributed by atoms with van der Waals surface area (Å²) in [4.78, 5) is 11.1. The first-order valence-electron chi connectivity index (χ1n) is 5.19. The standard InChI is InChI=1S/C12H16FNO3/c1-12(7-14,11(15)16)6-8-3-4-9(17-2)5-10(8)13/h3-5H,6-7,14H2,1-2H3,(H,15,16). The number of carbonyl (C=O) groups is 1.